The van der Waals surface area contributed by atoms with Gasteiger partial charge in [-0.25, -0.2) is 4.79 Å². The molecule has 2 aromatic carbocycles. The van der Waals surface area contributed by atoms with Crippen LogP contribution in [0.25, 0.3) is 5.69 Å². The summed E-state index contributed by atoms with van der Waals surface area (Å²) < 4.78 is 6.93. The molecule has 3 N–H and O–H groups in total. The van der Waals surface area contributed by atoms with Gasteiger partial charge < -0.3 is 15.8 Å². The Balaban J connectivity index is 1.57. The van der Waals surface area contributed by atoms with Gasteiger partial charge in [0.25, 0.3) is 5.91 Å². The Morgan fingerprint density at radius 1 is 1.03 bits per heavy atom. The van der Waals surface area contributed by atoms with Crippen molar-refractivity contribution in [1.29, 1.82) is 0 Å². The Hall–Kier alpha value is -3.66. The molecule has 0 atom stereocenters. The lowest BCUT2D eigenvalue weighted by Crippen LogP contribution is -2.21. The number of carbonyl (C=O) groups is 3. The van der Waals surface area contributed by atoms with Gasteiger partial charge in [0.05, 0.1) is 5.56 Å². The van der Waals surface area contributed by atoms with Gasteiger partial charge in [-0.1, -0.05) is 11.8 Å². The van der Waals surface area contributed by atoms with Crippen molar-refractivity contribution in [3.8, 4) is 5.69 Å². The van der Waals surface area contributed by atoms with E-state index in [1.165, 1.54) is 36.0 Å². The molecule has 1 aromatic heterocycles. The Morgan fingerprint density at radius 3 is 2.27 bits per heavy atom. The quantitative estimate of drug-likeness (QED) is 0.438. The van der Waals surface area contributed by atoms with Crippen molar-refractivity contribution < 1.29 is 19.1 Å². The van der Waals surface area contributed by atoms with E-state index in [4.69, 9.17) is 10.5 Å². The molecule has 10 heteroatoms. The zero-order valence-electron chi connectivity index (χ0n) is 16.3. The first-order valence-electron chi connectivity index (χ1n) is 8.82. The third kappa shape index (κ3) is 4.84. The number of nitrogens with two attached hydrogens (primary N) is 1. The van der Waals surface area contributed by atoms with Crippen LogP contribution in [0, 0.1) is 6.92 Å². The molecule has 3 aromatic rings. The number of aromatic nitrogens is 3. The lowest BCUT2D eigenvalue weighted by Gasteiger charge is -2.09. The second kappa shape index (κ2) is 9.23. The van der Waals surface area contributed by atoms with Gasteiger partial charge in [0.15, 0.2) is 11.8 Å². The Labute approximate surface area is 176 Å². The number of anilines is 1. The van der Waals surface area contributed by atoms with E-state index in [1.807, 2.05) is 17.7 Å². The summed E-state index contributed by atoms with van der Waals surface area (Å²) in [7, 11) is 0. The van der Waals surface area contributed by atoms with Crippen molar-refractivity contribution in [2.75, 3.05) is 18.2 Å². The normalized spacial score (nSPS) is 10.5. The fourth-order valence-electron chi connectivity index (χ4n) is 2.65. The number of ether oxygens (including phenoxy) is 1. The maximum absolute atomic E-state index is 12.2. The minimum Gasteiger partial charge on any atom is -0.452 e. The zero-order valence-corrected chi connectivity index (χ0v) is 17.1. The summed E-state index contributed by atoms with van der Waals surface area (Å²) in [6, 6.07) is 12.8. The number of nitrogens with zero attached hydrogens (tertiary/aromatic N) is 3. The highest BCUT2D eigenvalue weighted by Gasteiger charge is 2.13. The molecule has 0 radical (unpaired) electrons. The van der Waals surface area contributed by atoms with Crippen LogP contribution in [0.4, 0.5) is 5.69 Å². The Kier molecular flexibility index (Phi) is 6.48. The fourth-order valence-corrected chi connectivity index (χ4v) is 3.19. The minimum absolute atomic E-state index is 0.314. The maximum atomic E-state index is 12.2. The van der Waals surface area contributed by atoms with Crippen LogP contribution < -0.4 is 11.1 Å². The van der Waals surface area contributed by atoms with Crippen molar-refractivity contribution in [3.05, 3.63) is 65.5 Å². The van der Waals surface area contributed by atoms with Crippen molar-refractivity contribution in [2.45, 2.75) is 12.1 Å². The molecule has 0 unspecified atom stereocenters. The molecular weight excluding hydrogens is 406 g/mol. The number of hydrogen-bond acceptors (Lipinski definition) is 7. The Bertz CT molecular complexity index is 1080. The summed E-state index contributed by atoms with van der Waals surface area (Å²) in [4.78, 5) is 35.3. The van der Waals surface area contributed by atoms with E-state index >= 15 is 0 Å². The molecule has 0 bridgehead atoms. The smallest absolute Gasteiger partial charge is 0.338 e. The van der Waals surface area contributed by atoms with Gasteiger partial charge in [0.1, 0.15) is 5.82 Å². The molecular formula is C20H19N5O4S. The van der Waals surface area contributed by atoms with Crippen LogP contribution >= 0.6 is 11.8 Å². The van der Waals surface area contributed by atoms with Gasteiger partial charge >= 0.3 is 5.97 Å². The molecule has 154 valence electrons. The average molecular weight is 425 g/mol. The lowest BCUT2D eigenvalue weighted by molar-refractivity contribution is -0.119. The topological polar surface area (TPSA) is 129 Å². The number of rotatable bonds is 7. The minimum atomic E-state index is -0.619. The maximum Gasteiger partial charge on any atom is 0.338 e. The number of benzene rings is 2. The molecule has 0 aliphatic carbocycles. The first-order chi connectivity index (χ1) is 14.4. The van der Waals surface area contributed by atoms with Crippen LogP contribution in [0.3, 0.4) is 0 Å². The summed E-state index contributed by atoms with van der Waals surface area (Å²) in [6.45, 7) is 1.40. The molecule has 0 aliphatic rings. The number of aryl methyl sites for hydroxylation is 1. The first kappa shape index (κ1) is 21.1. The number of thioether (sulfide) groups is 1. The molecule has 0 saturated carbocycles. The average Bonchev–Trinajstić information content (AvgIpc) is 3.13. The Morgan fingerprint density at radius 2 is 1.67 bits per heavy atom. The second-order valence-corrected chi connectivity index (χ2v) is 6.96. The summed E-state index contributed by atoms with van der Waals surface area (Å²) in [5, 5.41) is 11.4. The molecule has 0 spiro atoms. The molecule has 2 amide bonds. The number of primary amides is 1. The summed E-state index contributed by atoms with van der Waals surface area (Å²) in [5.74, 6) is -0.949. The zero-order chi connectivity index (χ0) is 21.7. The van der Waals surface area contributed by atoms with Crippen LogP contribution in [0.1, 0.15) is 26.5 Å². The van der Waals surface area contributed by atoms with Crippen LogP contribution in [-0.2, 0) is 9.53 Å². The highest BCUT2D eigenvalue weighted by molar-refractivity contribution is 7.98. The molecule has 0 saturated heterocycles. The van der Waals surface area contributed by atoms with Crippen molar-refractivity contribution in [3.63, 3.8) is 0 Å². The molecule has 30 heavy (non-hydrogen) atoms. The summed E-state index contributed by atoms with van der Waals surface area (Å²) >= 11 is 1.47. The summed E-state index contributed by atoms with van der Waals surface area (Å²) in [6.07, 6.45) is 1.91. The van der Waals surface area contributed by atoms with Crippen molar-refractivity contribution in [2.24, 2.45) is 5.73 Å². The van der Waals surface area contributed by atoms with Crippen LogP contribution in [0.15, 0.2) is 53.7 Å². The first-order valence-corrected chi connectivity index (χ1v) is 10.0. The second-order valence-electron chi connectivity index (χ2n) is 6.18. The van der Waals surface area contributed by atoms with E-state index in [2.05, 4.69) is 15.5 Å². The van der Waals surface area contributed by atoms with Crippen LogP contribution in [0.5, 0.6) is 0 Å². The number of amides is 2. The highest BCUT2D eigenvalue weighted by Crippen LogP contribution is 2.20. The molecule has 0 fully saturated rings. The van der Waals surface area contributed by atoms with Gasteiger partial charge in [0, 0.05) is 16.9 Å². The largest absolute Gasteiger partial charge is 0.452 e. The number of esters is 1. The van der Waals surface area contributed by atoms with E-state index in [9.17, 15) is 14.4 Å². The molecule has 3 rings (SSSR count). The molecule has 1 heterocycles. The molecule has 9 nitrogen and oxygen atoms in total. The third-order valence-electron chi connectivity index (χ3n) is 4.13. The predicted molar refractivity (Wildman–Crippen MR) is 112 cm³/mol. The summed E-state index contributed by atoms with van der Waals surface area (Å²) in [5.41, 5.74) is 7.08. The van der Waals surface area contributed by atoms with Gasteiger partial charge in [-0.2, -0.15) is 0 Å². The van der Waals surface area contributed by atoms with Crippen LogP contribution in [-0.4, -0.2) is 45.4 Å². The van der Waals surface area contributed by atoms with Crippen molar-refractivity contribution in [1.82, 2.24) is 14.8 Å². The monoisotopic (exact) mass is 425 g/mol. The fraction of sp³-hybridized carbons (Fsp3) is 0.150. The third-order valence-corrected chi connectivity index (χ3v) is 4.76. The SMILES string of the molecule is CSc1nnc(C)n1-c1ccc(C(=O)OCC(=O)Nc2ccc(C(N)=O)cc2)cc1. The van der Waals surface area contributed by atoms with Gasteiger partial charge in [-0.05, 0) is 61.7 Å². The molecule has 0 aliphatic heterocycles. The lowest BCUT2D eigenvalue weighted by atomic mass is 10.2. The number of carbonyl (C=O) groups excluding carboxylic acids is 3. The van der Waals surface area contributed by atoms with Gasteiger partial charge in [-0.3, -0.25) is 14.2 Å². The van der Waals surface area contributed by atoms with E-state index in [-0.39, 0.29) is 0 Å². The van der Waals surface area contributed by atoms with E-state index in [0.717, 1.165) is 16.7 Å². The van der Waals surface area contributed by atoms with E-state index in [1.54, 1.807) is 24.3 Å². The predicted octanol–water partition coefficient (Wildman–Crippen LogP) is 2.19. The number of hydrogen-bond donors (Lipinski definition) is 2. The van der Waals surface area contributed by atoms with Gasteiger partial charge in [0.2, 0.25) is 5.91 Å². The van der Waals surface area contributed by atoms with Gasteiger partial charge in [-0.15, -0.1) is 10.2 Å². The van der Waals surface area contributed by atoms with Crippen molar-refractivity contribution >= 4 is 35.2 Å². The van der Waals surface area contributed by atoms with Crippen LogP contribution in [0.2, 0.25) is 0 Å². The van der Waals surface area contributed by atoms with E-state index < -0.39 is 24.4 Å². The number of nitrogens with one attached hydrogen (secondary N) is 1. The standard InChI is InChI=1S/C20H19N5O4S/c1-12-23-24-20(30-2)25(12)16-9-5-14(6-10-16)19(28)29-11-17(26)22-15-7-3-13(4-8-15)18(21)27/h3-10H,11H2,1-2H3,(H2,21,27)(H,22,26). The highest BCUT2D eigenvalue weighted by atomic mass is 32.2. The van der Waals surface area contributed by atoms with E-state index in [0.29, 0.717) is 16.8 Å².